The van der Waals surface area contributed by atoms with Crippen LogP contribution in [0.2, 0.25) is 0 Å². The van der Waals surface area contributed by atoms with Gasteiger partial charge >= 0.3 is 11.9 Å². The highest BCUT2D eigenvalue weighted by Crippen LogP contribution is 2.34. The number of pyridine rings is 1. The number of ether oxygens (including phenoxy) is 4. The number of aryl methyl sites for hydroxylation is 2. The van der Waals surface area contributed by atoms with Crippen molar-refractivity contribution in [1.29, 1.82) is 0 Å². The summed E-state index contributed by atoms with van der Waals surface area (Å²) < 4.78 is 21.1. The number of nitrogens with one attached hydrogen (secondary N) is 1. The monoisotopic (exact) mass is 500 g/mol. The molecule has 36 heavy (non-hydrogen) atoms. The molecule has 1 N–H and O–H groups in total. The normalized spacial score (nSPS) is 13.2. The lowest BCUT2D eigenvalue weighted by Gasteiger charge is -2.30. The fourth-order valence-corrected chi connectivity index (χ4v) is 4.10. The van der Waals surface area contributed by atoms with Gasteiger partial charge in [-0.2, -0.15) is 0 Å². The molecule has 0 saturated carbocycles. The molecule has 0 aliphatic heterocycles. The van der Waals surface area contributed by atoms with Crippen LogP contribution in [0.15, 0.2) is 30.5 Å². The molecule has 1 aromatic heterocycles. The molecular formula is C27H36N2O7. The number of carbonyl (C=O) groups excluding carboxylic acids is 3. The van der Waals surface area contributed by atoms with Gasteiger partial charge in [0.1, 0.15) is 12.6 Å². The number of amides is 1. The van der Waals surface area contributed by atoms with Gasteiger partial charge in [-0.3, -0.25) is 14.4 Å². The molecule has 3 atom stereocenters. The van der Waals surface area contributed by atoms with Crippen LogP contribution in [0.3, 0.4) is 0 Å². The van der Waals surface area contributed by atoms with E-state index in [1.165, 1.54) is 31.9 Å². The van der Waals surface area contributed by atoms with E-state index in [0.717, 1.165) is 17.5 Å². The summed E-state index contributed by atoms with van der Waals surface area (Å²) >= 11 is 0. The highest BCUT2D eigenvalue weighted by molar-refractivity contribution is 5.97. The summed E-state index contributed by atoms with van der Waals surface area (Å²) in [7, 11) is 1.40. The number of methoxy groups -OCH3 is 1. The number of hydrogen-bond donors (Lipinski definition) is 1. The van der Waals surface area contributed by atoms with Crippen molar-refractivity contribution in [2.24, 2.45) is 5.92 Å². The summed E-state index contributed by atoms with van der Waals surface area (Å²) in [5, 5.41) is 2.52. The van der Waals surface area contributed by atoms with Gasteiger partial charge in [0.25, 0.3) is 5.91 Å². The fourth-order valence-electron chi connectivity index (χ4n) is 4.10. The maximum absolute atomic E-state index is 12.8. The molecule has 0 radical (unpaired) electrons. The van der Waals surface area contributed by atoms with Crippen LogP contribution in [-0.2, 0) is 19.1 Å². The smallest absolute Gasteiger partial charge is 0.325 e. The number of rotatable bonds is 12. The van der Waals surface area contributed by atoms with Crippen molar-refractivity contribution in [2.45, 2.75) is 60.0 Å². The zero-order valence-electron chi connectivity index (χ0n) is 22.0. The van der Waals surface area contributed by atoms with E-state index in [1.807, 2.05) is 13.8 Å². The minimum atomic E-state index is -0.663. The molecule has 1 aromatic carbocycles. The lowest BCUT2D eigenvalue weighted by atomic mass is 9.80. The van der Waals surface area contributed by atoms with Crippen molar-refractivity contribution in [2.75, 3.05) is 20.4 Å². The predicted octanol–water partition coefficient (Wildman–Crippen LogP) is 4.10. The third kappa shape index (κ3) is 7.69. The van der Waals surface area contributed by atoms with Gasteiger partial charge < -0.3 is 24.3 Å². The molecule has 9 heteroatoms. The van der Waals surface area contributed by atoms with Crippen LogP contribution in [0.1, 0.15) is 67.2 Å². The van der Waals surface area contributed by atoms with E-state index >= 15 is 0 Å². The number of aromatic nitrogens is 1. The molecule has 0 spiro atoms. The first-order valence-corrected chi connectivity index (χ1v) is 11.9. The molecule has 0 aliphatic carbocycles. The summed E-state index contributed by atoms with van der Waals surface area (Å²) in [4.78, 5) is 40.5. The molecule has 196 valence electrons. The van der Waals surface area contributed by atoms with Crippen molar-refractivity contribution in [3.63, 3.8) is 0 Å². The van der Waals surface area contributed by atoms with Crippen LogP contribution >= 0.6 is 0 Å². The topological polar surface area (TPSA) is 113 Å². The SMILES string of the molecule is CCC(C)C(c1ccc(C)cc1C)C(C)OC(=O)CNC(=O)c1nccc(OC)c1OCOC(C)=O. The molecule has 1 heterocycles. The van der Waals surface area contributed by atoms with E-state index in [0.29, 0.717) is 0 Å². The van der Waals surface area contributed by atoms with Gasteiger partial charge in [0.05, 0.1) is 7.11 Å². The van der Waals surface area contributed by atoms with Crippen molar-refractivity contribution in [3.05, 3.63) is 52.8 Å². The van der Waals surface area contributed by atoms with E-state index in [1.54, 1.807) is 0 Å². The van der Waals surface area contributed by atoms with Gasteiger partial charge in [-0.1, -0.05) is 44.0 Å². The summed E-state index contributed by atoms with van der Waals surface area (Å²) in [5.41, 5.74) is 3.36. The summed E-state index contributed by atoms with van der Waals surface area (Å²) in [6.45, 7) is 10.7. The van der Waals surface area contributed by atoms with Gasteiger partial charge in [-0.15, -0.1) is 0 Å². The molecule has 0 bridgehead atoms. The summed E-state index contributed by atoms with van der Waals surface area (Å²) in [5.74, 6) is -1.27. The lowest BCUT2D eigenvalue weighted by molar-refractivity contribution is -0.149. The minimum absolute atomic E-state index is 0.00725. The summed E-state index contributed by atoms with van der Waals surface area (Å²) in [6, 6.07) is 7.79. The minimum Gasteiger partial charge on any atom is -0.493 e. The molecular weight excluding hydrogens is 464 g/mol. The Kier molecular flexibility index (Phi) is 10.7. The Morgan fingerprint density at radius 3 is 2.44 bits per heavy atom. The first-order valence-electron chi connectivity index (χ1n) is 11.9. The van der Waals surface area contributed by atoms with Gasteiger partial charge in [0.15, 0.2) is 17.2 Å². The largest absolute Gasteiger partial charge is 0.493 e. The number of carbonyl (C=O) groups is 3. The second-order valence-corrected chi connectivity index (χ2v) is 8.74. The predicted molar refractivity (Wildman–Crippen MR) is 134 cm³/mol. The van der Waals surface area contributed by atoms with Crippen LogP contribution in [0.4, 0.5) is 0 Å². The molecule has 0 fully saturated rings. The van der Waals surface area contributed by atoms with E-state index in [2.05, 4.69) is 49.3 Å². The Bertz CT molecular complexity index is 1070. The van der Waals surface area contributed by atoms with E-state index in [4.69, 9.17) is 18.9 Å². The first kappa shape index (κ1) is 28.6. The zero-order chi connectivity index (χ0) is 26.8. The van der Waals surface area contributed by atoms with Crippen molar-refractivity contribution in [1.82, 2.24) is 10.3 Å². The Balaban J connectivity index is 2.09. The van der Waals surface area contributed by atoms with Gasteiger partial charge in [0, 0.05) is 25.1 Å². The average Bonchev–Trinajstić information content (AvgIpc) is 2.83. The molecule has 1 amide bonds. The maximum atomic E-state index is 12.8. The highest BCUT2D eigenvalue weighted by Gasteiger charge is 2.29. The molecule has 0 saturated heterocycles. The number of nitrogens with zero attached hydrogens (tertiary/aromatic N) is 1. The first-order chi connectivity index (χ1) is 17.1. The van der Waals surface area contributed by atoms with Crippen LogP contribution in [0.25, 0.3) is 0 Å². The molecule has 0 aliphatic rings. The van der Waals surface area contributed by atoms with Crippen molar-refractivity contribution >= 4 is 17.8 Å². The molecule has 3 unspecified atom stereocenters. The fraction of sp³-hybridized carbons (Fsp3) is 0.481. The molecule has 2 rings (SSSR count). The van der Waals surface area contributed by atoms with Crippen LogP contribution in [-0.4, -0.2) is 49.4 Å². The van der Waals surface area contributed by atoms with Gasteiger partial charge in [0.2, 0.25) is 6.79 Å². The van der Waals surface area contributed by atoms with Gasteiger partial charge in [-0.05, 0) is 37.8 Å². The van der Waals surface area contributed by atoms with E-state index in [-0.39, 0.29) is 35.6 Å². The van der Waals surface area contributed by atoms with E-state index < -0.39 is 30.7 Å². The second kappa shape index (κ2) is 13.5. The Labute approximate surface area is 212 Å². The highest BCUT2D eigenvalue weighted by atomic mass is 16.7. The Hall–Kier alpha value is -3.62. The third-order valence-corrected chi connectivity index (χ3v) is 6.03. The van der Waals surface area contributed by atoms with Crippen LogP contribution < -0.4 is 14.8 Å². The molecule has 2 aromatic rings. The van der Waals surface area contributed by atoms with Gasteiger partial charge in [-0.25, -0.2) is 4.98 Å². The number of hydrogen-bond acceptors (Lipinski definition) is 8. The standard InChI is InChI=1S/C27H36N2O7/c1-8-17(3)24(21-10-9-16(2)13-18(21)4)19(5)36-23(31)14-29-27(32)25-26(35-15-34-20(6)30)22(33-7)11-12-28-25/h9-13,17,19,24H,8,14-15H2,1-7H3,(H,29,32). The number of benzene rings is 1. The van der Waals surface area contributed by atoms with Crippen LogP contribution in [0, 0.1) is 19.8 Å². The second-order valence-electron chi connectivity index (χ2n) is 8.74. The Morgan fingerprint density at radius 1 is 1.11 bits per heavy atom. The maximum Gasteiger partial charge on any atom is 0.325 e. The quantitative estimate of drug-likeness (QED) is 0.342. The van der Waals surface area contributed by atoms with Crippen molar-refractivity contribution < 1.29 is 33.3 Å². The van der Waals surface area contributed by atoms with Crippen molar-refractivity contribution in [3.8, 4) is 11.5 Å². The average molecular weight is 501 g/mol. The lowest BCUT2D eigenvalue weighted by Crippen LogP contribution is -2.35. The third-order valence-electron chi connectivity index (χ3n) is 6.03. The van der Waals surface area contributed by atoms with Crippen LogP contribution in [0.5, 0.6) is 11.5 Å². The number of esters is 2. The van der Waals surface area contributed by atoms with E-state index in [9.17, 15) is 14.4 Å². The molecule has 9 nitrogen and oxygen atoms in total. The Morgan fingerprint density at radius 2 is 1.83 bits per heavy atom. The summed E-state index contributed by atoms with van der Waals surface area (Å²) in [6.07, 6.45) is 1.89. The zero-order valence-corrected chi connectivity index (χ0v) is 22.0.